The van der Waals surface area contributed by atoms with Crippen LogP contribution in [0, 0.1) is 0 Å². The van der Waals surface area contributed by atoms with Gasteiger partial charge in [-0.25, -0.2) is 42.3 Å². The van der Waals surface area contributed by atoms with Gasteiger partial charge >= 0.3 is 5.97 Å². The quantitative estimate of drug-likeness (QED) is 0.126. The smallest absolute Gasteiger partial charge is 0.337 e. The fourth-order valence-corrected chi connectivity index (χ4v) is 10.9. The number of ether oxygens (including phenoxy) is 2. The lowest BCUT2D eigenvalue weighted by molar-refractivity contribution is 0.0686. The number of aromatic nitrogens is 14. The van der Waals surface area contributed by atoms with Crippen molar-refractivity contribution in [3.63, 3.8) is 0 Å². The number of alkyl halides is 4. The molecule has 0 bridgehead atoms. The van der Waals surface area contributed by atoms with Crippen molar-refractivity contribution in [2.75, 3.05) is 88.6 Å². The number of benzene rings is 2. The number of anilines is 2. The highest BCUT2D eigenvalue weighted by Crippen LogP contribution is 2.36. The number of carbonyl (C=O) groups is 2. The van der Waals surface area contributed by atoms with Crippen molar-refractivity contribution < 1.29 is 41.7 Å². The van der Waals surface area contributed by atoms with Gasteiger partial charge in [0.25, 0.3) is 18.8 Å². The zero-order valence-electron chi connectivity index (χ0n) is 44.7. The third-order valence-electron chi connectivity index (χ3n) is 15.0. The maximum atomic E-state index is 14.3. The van der Waals surface area contributed by atoms with Gasteiger partial charge in [0.2, 0.25) is 11.9 Å². The number of hydrogen-bond donors (Lipinski definition) is 2. The Bertz CT molecular complexity index is 3890. The summed E-state index contributed by atoms with van der Waals surface area (Å²) in [5.74, 6) is -0.201. The van der Waals surface area contributed by atoms with Crippen LogP contribution in [0.15, 0.2) is 110 Å². The van der Waals surface area contributed by atoms with Crippen LogP contribution in [0.5, 0.6) is 0 Å². The highest BCUT2D eigenvalue weighted by molar-refractivity contribution is 5.94. The second-order valence-electron chi connectivity index (χ2n) is 20.0. The van der Waals surface area contributed by atoms with Gasteiger partial charge in [-0.3, -0.25) is 23.9 Å². The first-order valence-corrected chi connectivity index (χ1v) is 27.3. The molecule has 10 aromatic rings. The Balaban J connectivity index is 0.000000145. The minimum absolute atomic E-state index is 0.0207. The number of likely N-dealkylation sites (tertiary alicyclic amines) is 1. The van der Waals surface area contributed by atoms with Crippen LogP contribution in [-0.4, -0.2) is 169 Å². The summed E-state index contributed by atoms with van der Waals surface area (Å²) < 4.78 is 74.8. The minimum atomic E-state index is -2.82. The van der Waals surface area contributed by atoms with Gasteiger partial charge in [0, 0.05) is 76.1 Å². The molecule has 0 atom stereocenters. The van der Waals surface area contributed by atoms with Crippen molar-refractivity contribution in [2.45, 2.75) is 50.6 Å². The molecule has 27 heteroatoms. The van der Waals surface area contributed by atoms with Gasteiger partial charge in [0.1, 0.15) is 0 Å². The van der Waals surface area contributed by atoms with Crippen molar-refractivity contribution in [3.8, 4) is 11.6 Å². The molecule has 83 heavy (non-hydrogen) atoms. The molecule has 4 aliphatic rings. The third-order valence-corrected chi connectivity index (χ3v) is 15.0. The molecule has 0 aliphatic carbocycles. The number of halogens is 4. The Morgan fingerprint density at radius 2 is 1.01 bits per heavy atom. The summed E-state index contributed by atoms with van der Waals surface area (Å²) in [6.45, 7) is 7.59. The lowest BCUT2D eigenvalue weighted by Crippen LogP contribution is -2.39. The standard InChI is InChI=1S/C28H27F2N9O2.C22H24F2N8O.C6H5NO2/c29-23(30)26-33-20-5-1-2-6-21(20)39(26)25-22-24(34-28(35-25)37-12-14-41-15-13-37)38(17-32-22)19-7-10-36(11-8-19)27(40)18-4-3-9-31-16-18;23-18(24)21-27-15-3-1-2-4-16(15)32(21)20-17-19(28-22(29-20)30-9-11-33-12-10-30)31(13-26-17)14-5-7-25-8-6-14;8-6(9)5-2-1-3-7-4-5/h1-6,9,16-17,19,23H,7-8,10-15H2;1-4,13-14,18,25H,5-12H2;1-4H,(H,8,9). The number of hydrogen-bond acceptors (Lipinski definition) is 17. The maximum absolute atomic E-state index is 14.3. The zero-order valence-corrected chi connectivity index (χ0v) is 44.7. The van der Waals surface area contributed by atoms with Crippen LogP contribution in [0.2, 0.25) is 0 Å². The molecule has 12 heterocycles. The molecule has 4 saturated heterocycles. The summed E-state index contributed by atoms with van der Waals surface area (Å²) in [5, 5.41) is 11.7. The number of nitrogens with zero attached hydrogens (tertiary/aromatic N) is 17. The fraction of sp³-hybridized carbons (Fsp3) is 0.357. The van der Waals surface area contributed by atoms with Crippen molar-refractivity contribution in [1.82, 2.24) is 78.3 Å². The summed E-state index contributed by atoms with van der Waals surface area (Å²) in [5.41, 5.74) is 4.95. The topological polar surface area (TPSA) is 243 Å². The molecule has 428 valence electrons. The van der Waals surface area contributed by atoms with E-state index in [-0.39, 0.29) is 35.2 Å². The van der Waals surface area contributed by atoms with E-state index in [4.69, 9.17) is 34.5 Å². The second kappa shape index (κ2) is 24.2. The van der Waals surface area contributed by atoms with Crippen LogP contribution >= 0.6 is 0 Å². The number of amides is 1. The molecule has 0 saturated carbocycles. The van der Waals surface area contributed by atoms with Crippen LogP contribution < -0.4 is 15.1 Å². The highest BCUT2D eigenvalue weighted by atomic mass is 19.3. The number of imidazole rings is 4. The Hall–Kier alpha value is -9.08. The number of para-hydroxylation sites is 4. The van der Waals surface area contributed by atoms with E-state index in [1.54, 1.807) is 85.7 Å². The van der Waals surface area contributed by atoms with Crippen molar-refractivity contribution >= 4 is 68.2 Å². The van der Waals surface area contributed by atoms with Gasteiger partial charge in [-0.2, -0.15) is 19.9 Å². The van der Waals surface area contributed by atoms with Gasteiger partial charge < -0.3 is 43.7 Å². The van der Waals surface area contributed by atoms with Crippen molar-refractivity contribution in [3.05, 3.63) is 133 Å². The molecule has 2 N–H and O–H groups in total. The van der Waals surface area contributed by atoms with Crippen molar-refractivity contribution in [2.24, 2.45) is 0 Å². The summed E-state index contributed by atoms with van der Waals surface area (Å²) in [4.78, 5) is 73.8. The van der Waals surface area contributed by atoms with Crippen LogP contribution in [0.25, 0.3) is 56.0 Å². The molecule has 8 aromatic heterocycles. The van der Waals surface area contributed by atoms with Gasteiger partial charge in [-0.15, -0.1) is 0 Å². The van der Waals surface area contributed by atoms with Gasteiger partial charge in [0.05, 0.1) is 72.3 Å². The van der Waals surface area contributed by atoms with Crippen LogP contribution in [-0.2, 0) is 9.47 Å². The molecule has 0 spiro atoms. The molecule has 4 fully saturated rings. The van der Waals surface area contributed by atoms with E-state index < -0.39 is 24.6 Å². The molecule has 0 unspecified atom stereocenters. The van der Waals surface area contributed by atoms with E-state index >= 15 is 0 Å². The molecule has 1 amide bonds. The third kappa shape index (κ3) is 11.2. The summed E-state index contributed by atoms with van der Waals surface area (Å²) >= 11 is 0. The van der Waals surface area contributed by atoms with Gasteiger partial charge in [-0.1, -0.05) is 24.3 Å². The number of piperidine rings is 2. The largest absolute Gasteiger partial charge is 0.478 e. The monoisotopic (exact) mass is 1140 g/mol. The second-order valence-corrected chi connectivity index (χ2v) is 20.0. The van der Waals surface area contributed by atoms with Gasteiger partial charge in [0.15, 0.2) is 45.6 Å². The van der Waals surface area contributed by atoms with Crippen LogP contribution in [0.1, 0.15) is 83.0 Å². The first-order chi connectivity index (χ1) is 40.6. The number of carboxylic acids is 1. The van der Waals surface area contributed by atoms with E-state index in [1.807, 2.05) is 25.3 Å². The van der Waals surface area contributed by atoms with Crippen LogP contribution in [0.4, 0.5) is 29.5 Å². The highest BCUT2D eigenvalue weighted by Gasteiger charge is 2.32. The number of rotatable bonds is 10. The summed E-state index contributed by atoms with van der Waals surface area (Å²) in [7, 11) is 0. The normalized spacial score (nSPS) is 16.4. The maximum Gasteiger partial charge on any atom is 0.337 e. The first-order valence-electron chi connectivity index (χ1n) is 27.3. The number of aromatic carboxylic acids is 1. The Morgan fingerprint density at radius 1 is 0.554 bits per heavy atom. The first kappa shape index (κ1) is 54.5. The molecule has 14 rings (SSSR count). The zero-order chi connectivity index (χ0) is 57.0. The number of carbonyl (C=O) groups excluding carboxylic acids is 1. The Labute approximate surface area is 470 Å². The van der Waals surface area contributed by atoms with Gasteiger partial charge in [-0.05, 0) is 87.3 Å². The summed E-state index contributed by atoms with van der Waals surface area (Å²) in [6, 6.07) is 21.0. The van der Waals surface area contributed by atoms with E-state index in [9.17, 15) is 27.2 Å². The number of morpholine rings is 2. The lowest BCUT2D eigenvalue weighted by atomic mass is 10.0. The molecule has 23 nitrogen and oxygen atoms in total. The molecular weight excluding hydrogens is 1080 g/mol. The molecule has 2 aromatic carbocycles. The average molecular weight is 1140 g/mol. The Kier molecular flexibility index (Phi) is 15.9. The number of fused-ring (bicyclic) bond motifs is 4. The molecule has 0 radical (unpaired) electrons. The fourth-order valence-electron chi connectivity index (χ4n) is 10.9. The number of nitrogens with one attached hydrogen (secondary N) is 1. The number of carboxylic acid groups (broad SMARTS) is 1. The predicted octanol–water partition coefficient (Wildman–Crippen LogP) is 7.46. The molecular formula is C56H56F4N18O5. The van der Waals surface area contributed by atoms with E-state index in [2.05, 4.69) is 39.8 Å². The molecule has 4 aliphatic heterocycles. The number of pyridine rings is 2. The Morgan fingerprint density at radius 3 is 1.45 bits per heavy atom. The average Bonchev–Trinajstić information content (AvgIpc) is 4.57. The minimum Gasteiger partial charge on any atom is -0.478 e. The predicted molar refractivity (Wildman–Crippen MR) is 297 cm³/mol. The van der Waals surface area contributed by atoms with Crippen LogP contribution in [0.3, 0.4) is 0 Å². The van der Waals surface area contributed by atoms with E-state index in [0.29, 0.717) is 146 Å². The van der Waals surface area contributed by atoms with Crippen molar-refractivity contribution in [1.29, 1.82) is 0 Å². The summed E-state index contributed by atoms with van der Waals surface area (Å²) in [6.07, 6.45) is 7.25. The SMILES string of the molecule is FC(F)c1nc2ccccc2n1-c1nc(N2CCOCC2)nc2c1ncn2C1CCNCC1.O=C(O)c1cccnc1.O=C(c1cccnc1)N1CCC(n2cnc3c(-n4c(C(F)F)nc5ccccc54)nc(N4CCOCC4)nc32)CC1. The van der Waals surface area contributed by atoms with E-state index in [0.717, 1.165) is 25.9 Å². The lowest BCUT2D eigenvalue weighted by Gasteiger charge is -2.33. The van der Waals surface area contributed by atoms with E-state index in [1.165, 1.54) is 27.6 Å².